The van der Waals surface area contributed by atoms with E-state index in [4.69, 9.17) is 5.11 Å². The Hall–Kier alpha value is 0.200. The highest BCUT2D eigenvalue weighted by Crippen LogP contribution is 2.15. The van der Waals surface area contributed by atoms with Crippen LogP contribution in [0.5, 0.6) is 0 Å². The van der Waals surface area contributed by atoms with Gasteiger partial charge in [0.25, 0.3) is 0 Å². The standard InChI is InChI=1S/C8H15IO2/c1-2-3-4-7(9)5-6-8(10)11/h7H,2-6H2,1H3,(H,10,11). The van der Waals surface area contributed by atoms with Gasteiger partial charge in [0, 0.05) is 10.3 Å². The van der Waals surface area contributed by atoms with Crippen LogP contribution >= 0.6 is 22.6 Å². The molecule has 1 N–H and O–H groups in total. The van der Waals surface area contributed by atoms with E-state index < -0.39 is 5.97 Å². The minimum atomic E-state index is -0.678. The number of carboxylic acid groups (broad SMARTS) is 1. The predicted molar refractivity (Wildman–Crippen MR) is 54.2 cm³/mol. The molecule has 2 nitrogen and oxygen atoms in total. The van der Waals surface area contributed by atoms with E-state index >= 15 is 0 Å². The number of hydrogen-bond acceptors (Lipinski definition) is 1. The topological polar surface area (TPSA) is 37.3 Å². The third kappa shape index (κ3) is 8.10. The number of carbonyl (C=O) groups is 1. The first-order valence-electron chi connectivity index (χ1n) is 4.02. The lowest BCUT2D eigenvalue weighted by molar-refractivity contribution is -0.137. The number of aliphatic carboxylic acids is 1. The summed E-state index contributed by atoms with van der Waals surface area (Å²) in [5.74, 6) is -0.678. The van der Waals surface area contributed by atoms with Gasteiger partial charge in [0.1, 0.15) is 0 Å². The maximum atomic E-state index is 10.2. The molecule has 0 bridgehead atoms. The van der Waals surface area contributed by atoms with E-state index in [1.165, 1.54) is 12.8 Å². The van der Waals surface area contributed by atoms with Gasteiger partial charge in [-0.1, -0.05) is 42.4 Å². The molecule has 0 fully saturated rings. The monoisotopic (exact) mass is 270 g/mol. The second-order valence-electron chi connectivity index (χ2n) is 2.67. The third-order valence-corrected chi connectivity index (χ3v) is 2.79. The quantitative estimate of drug-likeness (QED) is 0.595. The van der Waals surface area contributed by atoms with Gasteiger partial charge in [-0.3, -0.25) is 4.79 Å². The molecular formula is C8H15IO2. The van der Waals surface area contributed by atoms with Gasteiger partial charge in [-0.2, -0.15) is 0 Å². The van der Waals surface area contributed by atoms with E-state index in [2.05, 4.69) is 29.5 Å². The van der Waals surface area contributed by atoms with Crippen LogP contribution in [-0.2, 0) is 4.79 Å². The highest BCUT2D eigenvalue weighted by Gasteiger charge is 2.05. The van der Waals surface area contributed by atoms with Crippen LogP contribution in [0.3, 0.4) is 0 Å². The Labute approximate surface area is 81.5 Å². The Bertz CT molecular complexity index is 115. The maximum Gasteiger partial charge on any atom is 0.303 e. The van der Waals surface area contributed by atoms with Gasteiger partial charge in [-0.25, -0.2) is 0 Å². The molecular weight excluding hydrogens is 255 g/mol. The van der Waals surface area contributed by atoms with Crippen LogP contribution in [0, 0.1) is 0 Å². The summed E-state index contributed by atoms with van der Waals surface area (Å²) in [6.07, 6.45) is 4.71. The van der Waals surface area contributed by atoms with Gasteiger partial charge in [0.2, 0.25) is 0 Å². The van der Waals surface area contributed by atoms with Crippen molar-refractivity contribution in [2.75, 3.05) is 0 Å². The van der Waals surface area contributed by atoms with E-state index in [1.54, 1.807) is 0 Å². The van der Waals surface area contributed by atoms with Crippen molar-refractivity contribution in [3.05, 3.63) is 0 Å². The van der Waals surface area contributed by atoms with Gasteiger partial charge < -0.3 is 5.11 Å². The van der Waals surface area contributed by atoms with Crippen LogP contribution in [0.25, 0.3) is 0 Å². The van der Waals surface area contributed by atoms with Crippen molar-refractivity contribution in [1.82, 2.24) is 0 Å². The molecule has 0 aliphatic carbocycles. The Morgan fingerprint density at radius 1 is 1.55 bits per heavy atom. The van der Waals surface area contributed by atoms with Crippen LogP contribution in [0.4, 0.5) is 0 Å². The second-order valence-corrected chi connectivity index (χ2v) is 4.43. The van der Waals surface area contributed by atoms with E-state index in [1.807, 2.05) is 0 Å². The van der Waals surface area contributed by atoms with Crippen molar-refractivity contribution < 1.29 is 9.90 Å². The number of hydrogen-bond donors (Lipinski definition) is 1. The molecule has 1 atom stereocenters. The van der Waals surface area contributed by atoms with Crippen molar-refractivity contribution in [3.8, 4) is 0 Å². The van der Waals surface area contributed by atoms with Gasteiger partial charge >= 0.3 is 5.97 Å². The minimum absolute atomic E-state index is 0.317. The van der Waals surface area contributed by atoms with Crippen molar-refractivity contribution >= 4 is 28.6 Å². The lowest BCUT2D eigenvalue weighted by atomic mass is 10.1. The fraction of sp³-hybridized carbons (Fsp3) is 0.875. The SMILES string of the molecule is CCCCC(I)CCC(=O)O. The normalized spacial score (nSPS) is 12.9. The predicted octanol–water partition coefficient (Wildman–Crippen LogP) is 2.85. The second kappa shape index (κ2) is 6.88. The van der Waals surface area contributed by atoms with Crippen molar-refractivity contribution in [2.45, 2.75) is 43.0 Å². The highest BCUT2D eigenvalue weighted by molar-refractivity contribution is 14.1. The van der Waals surface area contributed by atoms with Crippen LogP contribution < -0.4 is 0 Å². The van der Waals surface area contributed by atoms with Crippen molar-refractivity contribution in [2.24, 2.45) is 0 Å². The summed E-state index contributed by atoms with van der Waals surface area (Å²) in [5, 5.41) is 8.38. The zero-order chi connectivity index (χ0) is 8.69. The van der Waals surface area contributed by atoms with Crippen LogP contribution in [-0.4, -0.2) is 15.0 Å². The Balaban J connectivity index is 3.22. The molecule has 66 valence electrons. The van der Waals surface area contributed by atoms with Crippen LogP contribution in [0.15, 0.2) is 0 Å². The van der Waals surface area contributed by atoms with E-state index in [0.717, 1.165) is 12.8 Å². The summed E-state index contributed by atoms with van der Waals surface area (Å²) in [5.41, 5.74) is 0. The number of unbranched alkanes of at least 4 members (excludes halogenated alkanes) is 1. The summed E-state index contributed by atoms with van der Waals surface area (Å²) >= 11 is 2.33. The highest BCUT2D eigenvalue weighted by atomic mass is 127. The molecule has 0 amide bonds. The smallest absolute Gasteiger partial charge is 0.303 e. The lowest BCUT2D eigenvalue weighted by Gasteiger charge is -2.05. The van der Waals surface area contributed by atoms with Gasteiger partial charge in [0.15, 0.2) is 0 Å². The summed E-state index contributed by atoms with van der Waals surface area (Å²) in [7, 11) is 0. The van der Waals surface area contributed by atoms with Gasteiger partial charge in [0.05, 0.1) is 0 Å². The summed E-state index contributed by atoms with van der Waals surface area (Å²) in [6, 6.07) is 0. The minimum Gasteiger partial charge on any atom is -0.481 e. The Morgan fingerprint density at radius 2 is 2.18 bits per heavy atom. The Kier molecular flexibility index (Phi) is 7.01. The molecule has 0 aromatic heterocycles. The Morgan fingerprint density at radius 3 is 2.64 bits per heavy atom. The maximum absolute atomic E-state index is 10.2. The van der Waals surface area contributed by atoms with Crippen LogP contribution in [0.1, 0.15) is 39.0 Å². The van der Waals surface area contributed by atoms with Crippen molar-refractivity contribution in [1.29, 1.82) is 0 Å². The molecule has 0 radical (unpaired) electrons. The molecule has 1 unspecified atom stereocenters. The van der Waals surface area contributed by atoms with Crippen molar-refractivity contribution in [3.63, 3.8) is 0 Å². The molecule has 0 rings (SSSR count). The van der Waals surface area contributed by atoms with E-state index in [0.29, 0.717) is 10.3 Å². The number of halogens is 1. The fourth-order valence-electron chi connectivity index (χ4n) is 0.850. The summed E-state index contributed by atoms with van der Waals surface area (Å²) in [6.45, 7) is 2.15. The summed E-state index contributed by atoms with van der Waals surface area (Å²) in [4.78, 5) is 10.2. The first-order chi connectivity index (χ1) is 5.16. The van der Waals surface area contributed by atoms with E-state index in [9.17, 15) is 4.79 Å². The molecule has 0 saturated heterocycles. The van der Waals surface area contributed by atoms with Gasteiger partial charge in [-0.05, 0) is 12.8 Å². The van der Waals surface area contributed by atoms with Gasteiger partial charge in [-0.15, -0.1) is 0 Å². The molecule has 0 aromatic rings. The molecule has 3 heteroatoms. The largest absolute Gasteiger partial charge is 0.481 e. The molecule has 0 aromatic carbocycles. The molecule has 0 spiro atoms. The number of carboxylic acids is 1. The zero-order valence-corrected chi connectivity index (χ0v) is 9.00. The first-order valence-corrected chi connectivity index (χ1v) is 5.27. The average Bonchev–Trinajstić information content (AvgIpc) is 1.97. The summed E-state index contributed by atoms with van der Waals surface area (Å²) < 4.78 is 0.545. The molecule has 11 heavy (non-hydrogen) atoms. The van der Waals surface area contributed by atoms with Crippen LogP contribution in [0.2, 0.25) is 0 Å². The molecule has 0 heterocycles. The van der Waals surface area contributed by atoms with E-state index in [-0.39, 0.29) is 0 Å². The lowest BCUT2D eigenvalue weighted by Crippen LogP contribution is -2.02. The first kappa shape index (κ1) is 11.2. The zero-order valence-electron chi connectivity index (χ0n) is 6.85. The number of rotatable bonds is 6. The fourth-order valence-corrected chi connectivity index (χ4v) is 1.60. The molecule has 0 saturated carbocycles. The average molecular weight is 270 g/mol. The third-order valence-electron chi connectivity index (χ3n) is 1.54. The molecule has 0 aliphatic heterocycles. The molecule has 0 aliphatic rings. The number of alkyl halides is 1.